The third-order valence-electron chi connectivity index (χ3n) is 2.74. The molecule has 0 aliphatic carbocycles. The molecule has 0 fully saturated rings. The first-order chi connectivity index (χ1) is 8.68. The van der Waals surface area contributed by atoms with Crippen LogP contribution in [0, 0.1) is 11.7 Å². The van der Waals surface area contributed by atoms with Gasteiger partial charge in [0, 0.05) is 13.2 Å². The molecule has 1 aromatic carbocycles. The van der Waals surface area contributed by atoms with E-state index in [4.69, 9.17) is 4.74 Å². The van der Waals surface area contributed by atoms with Gasteiger partial charge in [0.1, 0.15) is 5.82 Å². The second-order valence-corrected chi connectivity index (χ2v) is 4.92. The van der Waals surface area contributed by atoms with Crippen molar-refractivity contribution in [2.45, 2.75) is 26.7 Å². The highest BCUT2D eigenvalue weighted by Crippen LogP contribution is 2.03. The molecule has 18 heavy (non-hydrogen) atoms. The van der Waals surface area contributed by atoms with E-state index < -0.39 is 0 Å². The maximum Gasteiger partial charge on any atom is 0.123 e. The van der Waals surface area contributed by atoms with Gasteiger partial charge in [0.25, 0.3) is 0 Å². The highest BCUT2D eigenvalue weighted by molar-refractivity contribution is 5.16. The van der Waals surface area contributed by atoms with E-state index in [1.165, 1.54) is 6.07 Å². The van der Waals surface area contributed by atoms with E-state index in [2.05, 4.69) is 19.2 Å². The summed E-state index contributed by atoms with van der Waals surface area (Å²) in [6.07, 6.45) is 1.97. The number of halogens is 1. The number of ether oxygens (including phenoxy) is 1. The van der Waals surface area contributed by atoms with Crippen LogP contribution < -0.4 is 5.32 Å². The Morgan fingerprint density at radius 2 is 2.06 bits per heavy atom. The van der Waals surface area contributed by atoms with Gasteiger partial charge in [0.15, 0.2) is 0 Å². The van der Waals surface area contributed by atoms with Gasteiger partial charge in [-0.3, -0.25) is 0 Å². The van der Waals surface area contributed by atoms with Crippen molar-refractivity contribution >= 4 is 0 Å². The number of hydrogen-bond donors (Lipinski definition) is 1. The minimum Gasteiger partial charge on any atom is -0.380 e. The Balaban J connectivity index is 1.96. The molecule has 0 aromatic heterocycles. The molecule has 1 aromatic rings. The highest BCUT2D eigenvalue weighted by Gasteiger charge is 1.96. The summed E-state index contributed by atoms with van der Waals surface area (Å²) in [7, 11) is 0. The Kier molecular flexibility index (Phi) is 7.62. The van der Waals surface area contributed by atoms with Crippen molar-refractivity contribution in [1.82, 2.24) is 5.32 Å². The molecule has 102 valence electrons. The normalized spacial score (nSPS) is 11.1. The minimum atomic E-state index is -0.162. The first-order valence-electron chi connectivity index (χ1n) is 6.71. The summed E-state index contributed by atoms with van der Waals surface area (Å²) >= 11 is 0. The first-order valence-corrected chi connectivity index (χ1v) is 6.71. The minimum absolute atomic E-state index is 0.162. The lowest BCUT2D eigenvalue weighted by molar-refractivity contribution is 0.125. The van der Waals surface area contributed by atoms with E-state index in [-0.39, 0.29) is 5.82 Å². The lowest BCUT2D eigenvalue weighted by Crippen LogP contribution is -2.22. The van der Waals surface area contributed by atoms with Crippen LogP contribution in [-0.2, 0) is 11.2 Å². The molecule has 1 N–H and O–H groups in total. The number of benzene rings is 1. The summed E-state index contributed by atoms with van der Waals surface area (Å²) in [6.45, 7) is 7.69. The molecule has 0 saturated carbocycles. The van der Waals surface area contributed by atoms with Crippen LogP contribution in [0.25, 0.3) is 0 Å². The summed E-state index contributed by atoms with van der Waals surface area (Å²) in [6, 6.07) is 6.75. The van der Waals surface area contributed by atoms with E-state index in [0.29, 0.717) is 5.92 Å². The van der Waals surface area contributed by atoms with Gasteiger partial charge in [-0.25, -0.2) is 4.39 Å². The van der Waals surface area contributed by atoms with E-state index >= 15 is 0 Å². The van der Waals surface area contributed by atoms with Crippen molar-refractivity contribution in [3.63, 3.8) is 0 Å². The molecule has 0 aliphatic heterocycles. The van der Waals surface area contributed by atoms with Crippen LogP contribution in [0.4, 0.5) is 4.39 Å². The van der Waals surface area contributed by atoms with Gasteiger partial charge in [0.05, 0.1) is 6.61 Å². The number of hydrogen-bond acceptors (Lipinski definition) is 2. The molecule has 0 bridgehead atoms. The number of nitrogens with one attached hydrogen (secondary N) is 1. The van der Waals surface area contributed by atoms with E-state index in [1.807, 2.05) is 6.07 Å². The maximum atomic E-state index is 12.9. The zero-order valence-corrected chi connectivity index (χ0v) is 11.4. The Labute approximate surface area is 110 Å². The zero-order chi connectivity index (χ0) is 13.2. The fourth-order valence-electron chi connectivity index (χ4n) is 1.62. The third kappa shape index (κ3) is 7.41. The molecule has 2 nitrogen and oxygen atoms in total. The molecular formula is C15H24FNO. The summed E-state index contributed by atoms with van der Waals surface area (Å²) < 4.78 is 18.4. The van der Waals surface area contributed by atoms with Gasteiger partial charge in [-0.2, -0.15) is 0 Å². The fourth-order valence-corrected chi connectivity index (χ4v) is 1.62. The second-order valence-electron chi connectivity index (χ2n) is 4.92. The molecule has 3 heteroatoms. The molecule has 0 amide bonds. The molecule has 0 atom stereocenters. The lowest BCUT2D eigenvalue weighted by Gasteiger charge is -2.07. The molecule has 0 saturated heterocycles. The molecule has 0 heterocycles. The van der Waals surface area contributed by atoms with Gasteiger partial charge in [-0.15, -0.1) is 0 Å². The van der Waals surface area contributed by atoms with Gasteiger partial charge >= 0.3 is 0 Å². The maximum absolute atomic E-state index is 12.9. The molecular weight excluding hydrogens is 229 g/mol. The van der Waals surface area contributed by atoms with Crippen molar-refractivity contribution in [3.05, 3.63) is 35.6 Å². The van der Waals surface area contributed by atoms with Gasteiger partial charge in [-0.05, 0) is 43.0 Å². The monoisotopic (exact) mass is 253 g/mol. The van der Waals surface area contributed by atoms with E-state index in [9.17, 15) is 4.39 Å². The zero-order valence-electron chi connectivity index (χ0n) is 11.4. The predicted octanol–water partition coefficient (Wildman–Crippen LogP) is 3.02. The predicted molar refractivity (Wildman–Crippen MR) is 73.2 cm³/mol. The van der Waals surface area contributed by atoms with Crippen LogP contribution in [0.15, 0.2) is 24.3 Å². The smallest absolute Gasteiger partial charge is 0.123 e. The van der Waals surface area contributed by atoms with Crippen molar-refractivity contribution < 1.29 is 9.13 Å². The SMILES string of the molecule is CC(C)CCOCCNCCc1cccc(F)c1. The van der Waals surface area contributed by atoms with Crippen molar-refractivity contribution in [1.29, 1.82) is 0 Å². The first kappa shape index (κ1) is 15.1. The van der Waals surface area contributed by atoms with Crippen LogP contribution in [-0.4, -0.2) is 26.3 Å². The van der Waals surface area contributed by atoms with Crippen LogP contribution in [0.2, 0.25) is 0 Å². The quantitative estimate of drug-likeness (QED) is 0.683. The standard InChI is InChI=1S/C15H24FNO/c1-13(2)7-10-18-11-9-17-8-6-14-4-3-5-15(16)12-14/h3-5,12-13,17H,6-11H2,1-2H3. The van der Waals surface area contributed by atoms with Crippen LogP contribution in [0.1, 0.15) is 25.8 Å². The molecule has 0 unspecified atom stereocenters. The topological polar surface area (TPSA) is 21.3 Å². The summed E-state index contributed by atoms with van der Waals surface area (Å²) in [5.74, 6) is 0.537. The van der Waals surface area contributed by atoms with E-state index in [0.717, 1.165) is 44.7 Å². The Morgan fingerprint density at radius 1 is 1.22 bits per heavy atom. The molecule has 0 radical (unpaired) electrons. The third-order valence-corrected chi connectivity index (χ3v) is 2.74. The van der Waals surface area contributed by atoms with E-state index in [1.54, 1.807) is 12.1 Å². The van der Waals surface area contributed by atoms with Crippen molar-refractivity contribution in [3.8, 4) is 0 Å². The highest BCUT2D eigenvalue weighted by atomic mass is 19.1. The lowest BCUT2D eigenvalue weighted by atomic mass is 10.1. The number of rotatable bonds is 9. The Bertz CT molecular complexity index is 328. The molecule has 0 spiro atoms. The Hall–Kier alpha value is -0.930. The summed E-state index contributed by atoms with van der Waals surface area (Å²) in [5.41, 5.74) is 1.03. The fraction of sp³-hybridized carbons (Fsp3) is 0.600. The largest absolute Gasteiger partial charge is 0.380 e. The summed E-state index contributed by atoms with van der Waals surface area (Å²) in [5, 5.41) is 3.29. The average molecular weight is 253 g/mol. The van der Waals surface area contributed by atoms with Crippen molar-refractivity contribution in [2.75, 3.05) is 26.3 Å². The second kappa shape index (κ2) is 9.06. The van der Waals surface area contributed by atoms with Crippen LogP contribution in [0.3, 0.4) is 0 Å². The van der Waals surface area contributed by atoms with Crippen LogP contribution >= 0.6 is 0 Å². The molecule has 1 rings (SSSR count). The summed E-state index contributed by atoms with van der Waals surface area (Å²) in [4.78, 5) is 0. The molecule has 0 aliphatic rings. The average Bonchev–Trinajstić information content (AvgIpc) is 2.32. The van der Waals surface area contributed by atoms with Gasteiger partial charge in [0.2, 0.25) is 0 Å². The Morgan fingerprint density at radius 3 is 2.78 bits per heavy atom. The van der Waals surface area contributed by atoms with Gasteiger partial charge < -0.3 is 10.1 Å². The van der Waals surface area contributed by atoms with Gasteiger partial charge in [-0.1, -0.05) is 26.0 Å². The van der Waals surface area contributed by atoms with Crippen molar-refractivity contribution in [2.24, 2.45) is 5.92 Å². The van der Waals surface area contributed by atoms with Crippen LogP contribution in [0.5, 0.6) is 0 Å².